The highest BCUT2D eigenvalue weighted by Crippen LogP contribution is 2.28. The Morgan fingerprint density at radius 2 is 2.10 bits per heavy atom. The largest absolute Gasteiger partial charge is 0.507 e. The molecule has 1 aromatic rings. The van der Waals surface area contributed by atoms with E-state index in [1.54, 1.807) is 0 Å². The van der Waals surface area contributed by atoms with Crippen molar-refractivity contribution in [3.63, 3.8) is 0 Å². The molecule has 0 aromatic heterocycles. The standard InChI is InChI=1S/C6H3BrClFO/c7-3-1-4(8)5(9)2-6(3)10/h1-2,10H. The van der Waals surface area contributed by atoms with Gasteiger partial charge in [-0.25, -0.2) is 4.39 Å². The second-order valence-electron chi connectivity index (χ2n) is 1.72. The van der Waals surface area contributed by atoms with Gasteiger partial charge in [-0.2, -0.15) is 0 Å². The highest BCUT2D eigenvalue weighted by molar-refractivity contribution is 9.10. The molecule has 0 aliphatic rings. The number of phenols is 1. The first-order valence-electron chi connectivity index (χ1n) is 2.45. The van der Waals surface area contributed by atoms with Crippen molar-refractivity contribution in [2.75, 3.05) is 0 Å². The molecule has 1 nitrogen and oxygen atoms in total. The van der Waals surface area contributed by atoms with Crippen molar-refractivity contribution < 1.29 is 9.50 Å². The van der Waals surface area contributed by atoms with Crippen molar-refractivity contribution >= 4 is 27.5 Å². The zero-order valence-corrected chi connectivity index (χ0v) is 7.08. The van der Waals surface area contributed by atoms with Gasteiger partial charge >= 0.3 is 0 Å². The lowest BCUT2D eigenvalue weighted by molar-refractivity contribution is 0.465. The van der Waals surface area contributed by atoms with Crippen LogP contribution in [-0.4, -0.2) is 5.11 Å². The third-order valence-electron chi connectivity index (χ3n) is 0.990. The third kappa shape index (κ3) is 1.41. The quantitative estimate of drug-likeness (QED) is 0.673. The van der Waals surface area contributed by atoms with Gasteiger partial charge in [-0.3, -0.25) is 0 Å². The summed E-state index contributed by atoms with van der Waals surface area (Å²) in [4.78, 5) is 0. The van der Waals surface area contributed by atoms with Crippen LogP contribution in [0.3, 0.4) is 0 Å². The van der Waals surface area contributed by atoms with Crippen molar-refractivity contribution in [1.29, 1.82) is 0 Å². The van der Waals surface area contributed by atoms with Crippen LogP contribution in [0.2, 0.25) is 5.02 Å². The summed E-state index contributed by atoms with van der Waals surface area (Å²) in [5.74, 6) is -0.774. The predicted molar refractivity (Wildman–Crippen MR) is 40.8 cm³/mol. The highest BCUT2D eigenvalue weighted by atomic mass is 79.9. The molecular formula is C6H3BrClFO. The molecule has 0 amide bonds. The maximum Gasteiger partial charge on any atom is 0.145 e. The molecule has 0 unspecified atom stereocenters. The fourth-order valence-corrected chi connectivity index (χ4v) is 1.15. The molecule has 0 bridgehead atoms. The van der Waals surface area contributed by atoms with Crippen LogP contribution < -0.4 is 0 Å². The van der Waals surface area contributed by atoms with Crippen molar-refractivity contribution in [1.82, 2.24) is 0 Å². The summed E-state index contributed by atoms with van der Waals surface area (Å²) >= 11 is 8.35. The van der Waals surface area contributed by atoms with Gasteiger partial charge in [0.15, 0.2) is 0 Å². The summed E-state index contributed by atoms with van der Waals surface area (Å²) in [5, 5.41) is 8.87. The third-order valence-corrected chi connectivity index (χ3v) is 1.91. The van der Waals surface area contributed by atoms with E-state index >= 15 is 0 Å². The van der Waals surface area contributed by atoms with E-state index in [0.29, 0.717) is 4.47 Å². The molecule has 0 heterocycles. The molecule has 0 aliphatic carbocycles. The SMILES string of the molecule is Oc1cc(F)c(Cl)cc1Br. The number of benzene rings is 1. The average molecular weight is 225 g/mol. The average Bonchev–Trinajstić information content (AvgIpc) is 1.84. The maximum atomic E-state index is 12.4. The minimum atomic E-state index is -0.623. The number of hydrogen-bond donors (Lipinski definition) is 1. The minimum Gasteiger partial charge on any atom is -0.507 e. The van der Waals surface area contributed by atoms with E-state index in [-0.39, 0.29) is 10.8 Å². The summed E-state index contributed by atoms with van der Waals surface area (Å²) in [6.45, 7) is 0. The normalized spacial score (nSPS) is 9.90. The van der Waals surface area contributed by atoms with Crippen LogP contribution in [0.1, 0.15) is 0 Å². The topological polar surface area (TPSA) is 20.2 Å². The summed E-state index contributed by atoms with van der Waals surface area (Å²) < 4.78 is 12.8. The molecule has 1 N–H and O–H groups in total. The Balaban J connectivity index is 3.28. The molecule has 0 spiro atoms. The van der Waals surface area contributed by atoms with Gasteiger partial charge in [0.05, 0.1) is 9.50 Å². The van der Waals surface area contributed by atoms with Gasteiger partial charge in [0.2, 0.25) is 0 Å². The van der Waals surface area contributed by atoms with E-state index in [1.807, 2.05) is 0 Å². The number of hydrogen-bond acceptors (Lipinski definition) is 1. The van der Waals surface area contributed by atoms with E-state index in [9.17, 15) is 4.39 Å². The van der Waals surface area contributed by atoms with E-state index in [2.05, 4.69) is 15.9 Å². The lowest BCUT2D eigenvalue weighted by Gasteiger charge is -1.97. The molecule has 1 aromatic carbocycles. The number of aromatic hydroxyl groups is 1. The molecule has 0 saturated carbocycles. The molecule has 0 atom stereocenters. The summed E-state index contributed by atoms with van der Waals surface area (Å²) in [6.07, 6.45) is 0. The van der Waals surface area contributed by atoms with Gasteiger partial charge in [0, 0.05) is 6.07 Å². The first-order valence-corrected chi connectivity index (χ1v) is 3.62. The monoisotopic (exact) mass is 224 g/mol. The fourth-order valence-electron chi connectivity index (χ4n) is 0.512. The number of halogens is 3. The Kier molecular flexibility index (Phi) is 2.16. The minimum absolute atomic E-state index is 0.00956. The van der Waals surface area contributed by atoms with Crippen LogP contribution in [-0.2, 0) is 0 Å². The smallest absolute Gasteiger partial charge is 0.145 e. The van der Waals surface area contributed by atoms with Crippen molar-refractivity contribution in [3.05, 3.63) is 27.4 Å². The van der Waals surface area contributed by atoms with Crippen LogP contribution in [0.5, 0.6) is 5.75 Å². The molecule has 0 aliphatic heterocycles. The molecule has 54 valence electrons. The van der Waals surface area contributed by atoms with Gasteiger partial charge in [-0.1, -0.05) is 11.6 Å². The van der Waals surface area contributed by atoms with Crippen LogP contribution in [0.4, 0.5) is 4.39 Å². The molecule has 0 radical (unpaired) electrons. The first-order chi connectivity index (χ1) is 4.61. The van der Waals surface area contributed by atoms with Gasteiger partial charge < -0.3 is 5.11 Å². The lowest BCUT2D eigenvalue weighted by Crippen LogP contribution is -1.76. The Labute approximate surface area is 70.6 Å². The van der Waals surface area contributed by atoms with Crippen LogP contribution in [0, 0.1) is 5.82 Å². The van der Waals surface area contributed by atoms with Crippen molar-refractivity contribution in [3.8, 4) is 5.75 Å². The van der Waals surface area contributed by atoms with Gasteiger partial charge in [-0.15, -0.1) is 0 Å². The van der Waals surface area contributed by atoms with E-state index in [4.69, 9.17) is 16.7 Å². The summed E-state index contributed by atoms with van der Waals surface area (Å²) in [5.41, 5.74) is 0. The second kappa shape index (κ2) is 2.76. The van der Waals surface area contributed by atoms with E-state index < -0.39 is 5.82 Å². The van der Waals surface area contributed by atoms with Gasteiger partial charge in [-0.05, 0) is 22.0 Å². The van der Waals surface area contributed by atoms with E-state index in [1.165, 1.54) is 6.07 Å². The maximum absolute atomic E-state index is 12.4. The number of phenolic OH excluding ortho intramolecular Hbond substituents is 1. The Bertz CT molecular complexity index is 214. The lowest BCUT2D eigenvalue weighted by atomic mass is 10.3. The zero-order chi connectivity index (χ0) is 7.72. The second-order valence-corrected chi connectivity index (χ2v) is 2.98. The van der Waals surface area contributed by atoms with Gasteiger partial charge in [0.1, 0.15) is 11.6 Å². The Hall–Kier alpha value is -0.280. The number of rotatable bonds is 0. The van der Waals surface area contributed by atoms with Crippen LogP contribution >= 0.6 is 27.5 Å². The van der Waals surface area contributed by atoms with Crippen LogP contribution in [0.15, 0.2) is 16.6 Å². The molecule has 0 fully saturated rings. The van der Waals surface area contributed by atoms with Crippen LogP contribution in [0.25, 0.3) is 0 Å². The Morgan fingerprint density at radius 3 is 2.60 bits per heavy atom. The Morgan fingerprint density at radius 1 is 1.50 bits per heavy atom. The fraction of sp³-hybridized carbons (Fsp3) is 0. The first kappa shape index (κ1) is 7.82. The highest BCUT2D eigenvalue weighted by Gasteiger charge is 2.03. The van der Waals surface area contributed by atoms with Crippen molar-refractivity contribution in [2.45, 2.75) is 0 Å². The van der Waals surface area contributed by atoms with Crippen molar-refractivity contribution in [2.24, 2.45) is 0 Å². The molecule has 1 rings (SSSR count). The van der Waals surface area contributed by atoms with Gasteiger partial charge in [0.25, 0.3) is 0 Å². The molecular weight excluding hydrogens is 222 g/mol. The molecule has 0 saturated heterocycles. The summed E-state index contributed by atoms with van der Waals surface area (Å²) in [6, 6.07) is 2.25. The molecule has 10 heavy (non-hydrogen) atoms. The zero-order valence-electron chi connectivity index (χ0n) is 4.74. The molecule has 4 heteroatoms. The van der Waals surface area contributed by atoms with E-state index in [0.717, 1.165) is 6.07 Å². The summed E-state index contributed by atoms with van der Waals surface area (Å²) in [7, 11) is 0. The predicted octanol–water partition coefficient (Wildman–Crippen LogP) is 2.95.